The van der Waals surface area contributed by atoms with E-state index in [-0.39, 0.29) is 19.0 Å². The molecule has 1 unspecified atom stereocenters. The van der Waals surface area contributed by atoms with Crippen molar-refractivity contribution >= 4 is 21.8 Å². The third kappa shape index (κ3) is 9.22. The number of benzene rings is 3. The van der Waals surface area contributed by atoms with E-state index in [1.54, 1.807) is 0 Å². The summed E-state index contributed by atoms with van der Waals surface area (Å²) in [5.74, 6) is -0.782. The average Bonchev–Trinajstić information content (AvgIpc) is 2.98. The van der Waals surface area contributed by atoms with Crippen LogP contribution in [0.1, 0.15) is 22.7 Å². The highest BCUT2D eigenvalue weighted by Crippen LogP contribution is 2.25. The number of hydrogen-bond donors (Lipinski definition) is 1. The van der Waals surface area contributed by atoms with Gasteiger partial charge in [0.15, 0.2) is 0 Å². The van der Waals surface area contributed by atoms with Gasteiger partial charge in [0.05, 0.1) is 26.0 Å². The molecule has 0 aromatic heterocycles. The Bertz CT molecular complexity index is 1350. The van der Waals surface area contributed by atoms with E-state index < -0.39 is 28.5 Å². The lowest BCUT2D eigenvalue weighted by Crippen LogP contribution is -2.49. The van der Waals surface area contributed by atoms with Gasteiger partial charge >= 0.3 is 0 Å². The molecule has 9 nitrogen and oxygen atoms in total. The lowest BCUT2D eigenvalue weighted by molar-refractivity contribution is -0.141. The summed E-state index contributed by atoms with van der Waals surface area (Å²) < 4.78 is 32.1. The van der Waals surface area contributed by atoms with Gasteiger partial charge in [-0.25, -0.2) is 8.42 Å². The smallest absolute Gasteiger partial charge is 0.247 e. The fourth-order valence-corrected chi connectivity index (χ4v) is 5.52. The number of carbonyl (C=O) groups excluding carboxylic acids is 2. The molecule has 218 valence electrons. The minimum atomic E-state index is -3.73. The van der Waals surface area contributed by atoms with Crippen molar-refractivity contribution in [1.29, 1.82) is 0 Å². The third-order valence-electron chi connectivity index (χ3n) is 7.00. The Morgan fingerprint density at radius 2 is 1.39 bits per heavy atom. The quantitative estimate of drug-likeness (QED) is 0.335. The standard InChI is InChI=1S/C31H38N4O5S/c1-41(38,39)34(23-26-11-5-2-6-12-26)25-29(36)35(24-27-13-7-3-8-14-27)30(28-15-9-4-10-16-28)31(37)32-17-18-33-19-21-40-22-20-33/h2-16,30H,17-25H2,1H3,(H,32,37). The van der Waals surface area contributed by atoms with E-state index in [0.717, 1.165) is 34.8 Å². The Balaban J connectivity index is 1.61. The first-order chi connectivity index (χ1) is 19.8. The molecule has 1 aliphatic heterocycles. The van der Waals surface area contributed by atoms with Crippen LogP contribution in [0.15, 0.2) is 91.0 Å². The molecule has 1 saturated heterocycles. The van der Waals surface area contributed by atoms with Crippen molar-refractivity contribution in [3.05, 3.63) is 108 Å². The zero-order chi connectivity index (χ0) is 29.1. The summed E-state index contributed by atoms with van der Waals surface area (Å²) in [4.78, 5) is 31.6. The molecule has 1 fully saturated rings. The molecule has 1 aliphatic rings. The Morgan fingerprint density at radius 1 is 0.854 bits per heavy atom. The summed E-state index contributed by atoms with van der Waals surface area (Å²) in [5, 5.41) is 3.03. The predicted octanol–water partition coefficient (Wildman–Crippen LogP) is 2.67. The SMILES string of the molecule is CS(=O)(=O)N(CC(=O)N(Cc1ccccc1)C(C(=O)NCCN1CCOCC1)c1ccccc1)Cc1ccccc1. The fourth-order valence-electron chi connectivity index (χ4n) is 4.79. The molecule has 2 amide bonds. The van der Waals surface area contributed by atoms with Crippen molar-refractivity contribution in [2.75, 3.05) is 52.2 Å². The fraction of sp³-hybridized carbons (Fsp3) is 0.355. The summed E-state index contributed by atoms with van der Waals surface area (Å²) in [6.07, 6.45) is 1.10. The summed E-state index contributed by atoms with van der Waals surface area (Å²) in [6.45, 7) is 3.82. The Labute approximate surface area is 242 Å². The molecule has 41 heavy (non-hydrogen) atoms. The van der Waals surface area contributed by atoms with Crippen LogP contribution < -0.4 is 5.32 Å². The van der Waals surface area contributed by atoms with Gasteiger partial charge in [0.2, 0.25) is 21.8 Å². The molecule has 0 bridgehead atoms. The zero-order valence-corrected chi connectivity index (χ0v) is 24.2. The van der Waals surface area contributed by atoms with Gasteiger partial charge in [-0.2, -0.15) is 4.31 Å². The van der Waals surface area contributed by atoms with Gasteiger partial charge in [-0.05, 0) is 16.7 Å². The first-order valence-electron chi connectivity index (χ1n) is 13.8. The highest BCUT2D eigenvalue weighted by atomic mass is 32.2. The lowest BCUT2D eigenvalue weighted by Gasteiger charge is -2.33. The van der Waals surface area contributed by atoms with Crippen LogP contribution in [-0.4, -0.2) is 86.5 Å². The first-order valence-corrected chi connectivity index (χ1v) is 15.6. The number of ether oxygens (including phenoxy) is 1. The van der Waals surface area contributed by atoms with Crippen LogP contribution in [-0.2, 0) is 37.4 Å². The second-order valence-electron chi connectivity index (χ2n) is 10.1. The van der Waals surface area contributed by atoms with Crippen molar-refractivity contribution in [3.63, 3.8) is 0 Å². The minimum absolute atomic E-state index is 0.0480. The Hall–Kier alpha value is -3.57. The average molecular weight is 579 g/mol. The first kappa shape index (κ1) is 30.4. The molecule has 1 atom stereocenters. The van der Waals surface area contributed by atoms with Gasteiger partial charge in [0, 0.05) is 39.3 Å². The van der Waals surface area contributed by atoms with Crippen molar-refractivity contribution in [2.45, 2.75) is 19.1 Å². The van der Waals surface area contributed by atoms with E-state index in [1.807, 2.05) is 91.0 Å². The van der Waals surface area contributed by atoms with Gasteiger partial charge in [-0.1, -0.05) is 91.0 Å². The molecular formula is C31H38N4O5S. The van der Waals surface area contributed by atoms with E-state index in [9.17, 15) is 18.0 Å². The molecule has 4 rings (SSSR count). The largest absolute Gasteiger partial charge is 0.379 e. The van der Waals surface area contributed by atoms with Crippen LogP contribution in [0.2, 0.25) is 0 Å². The van der Waals surface area contributed by atoms with Crippen LogP contribution in [0.4, 0.5) is 0 Å². The maximum atomic E-state index is 14.1. The number of amides is 2. The molecule has 0 spiro atoms. The number of nitrogens with one attached hydrogen (secondary N) is 1. The van der Waals surface area contributed by atoms with Crippen LogP contribution in [0.25, 0.3) is 0 Å². The topological polar surface area (TPSA) is 99.3 Å². The number of hydrogen-bond acceptors (Lipinski definition) is 6. The van der Waals surface area contributed by atoms with Crippen molar-refractivity contribution in [3.8, 4) is 0 Å². The van der Waals surface area contributed by atoms with Crippen LogP contribution in [0, 0.1) is 0 Å². The van der Waals surface area contributed by atoms with Gasteiger partial charge in [0.1, 0.15) is 6.04 Å². The van der Waals surface area contributed by atoms with Gasteiger partial charge in [0.25, 0.3) is 0 Å². The van der Waals surface area contributed by atoms with Gasteiger partial charge in [-0.15, -0.1) is 0 Å². The van der Waals surface area contributed by atoms with E-state index >= 15 is 0 Å². The van der Waals surface area contributed by atoms with Crippen molar-refractivity contribution in [2.24, 2.45) is 0 Å². The monoisotopic (exact) mass is 578 g/mol. The molecular weight excluding hydrogens is 540 g/mol. The van der Waals surface area contributed by atoms with Gasteiger partial charge < -0.3 is 15.0 Å². The van der Waals surface area contributed by atoms with Gasteiger partial charge in [-0.3, -0.25) is 14.5 Å². The lowest BCUT2D eigenvalue weighted by atomic mass is 10.0. The maximum absolute atomic E-state index is 14.1. The number of nitrogens with zero attached hydrogens (tertiary/aromatic N) is 3. The molecule has 10 heteroatoms. The normalized spacial score (nSPS) is 14.9. The molecule has 1 N–H and O–H groups in total. The molecule has 0 aliphatic carbocycles. The molecule has 3 aromatic carbocycles. The Kier molecular flexibility index (Phi) is 11.0. The second kappa shape index (κ2) is 14.9. The summed E-state index contributed by atoms with van der Waals surface area (Å²) >= 11 is 0. The van der Waals surface area contributed by atoms with Crippen molar-refractivity contribution < 1.29 is 22.7 Å². The Morgan fingerprint density at radius 3 is 1.95 bits per heavy atom. The predicted molar refractivity (Wildman–Crippen MR) is 158 cm³/mol. The van der Waals surface area contributed by atoms with Crippen molar-refractivity contribution in [1.82, 2.24) is 19.4 Å². The third-order valence-corrected chi connectivity index (χ3v) is 8.20. The number of rotatable bonds is 13. The zero-order valence-electron chi connectivity index (χ0n) is 23.4. The number of morpholine rings is 1. The summed E-state index contributed by atoms with van der Waals surface area (Å²) in [7, 11) is -3.73. The van der Waals surface area contributed by atoms with Crippen LogP contribution >= 0.6 is 0 Å². The van der Waals surface area contributed by atoms with E-state index in [4.69, 9.17) is 4.74 Å². The van der Waals surface area contributed by atoms with Crippen LogP contribution in [0.5, 0.6) is 0 Å². The number of sulfonamides is 1. The van der Waals surface area contributed by atoms with E-state index in [1.165, 1.54) is 4.90 Å². The highest BCUT2D eigenvalue weighted by Gasteiger charge is 2.33. The molecule has 0 saturated carbocycles. The van der Waals surface area contributed by atoms with E-state index in [0.29, 0.717) is 31.9 Å². The van der Waals surface area contributed by atoms with E-state index in [2.05, 4.69) is 10.2 Å². The molecule has 1 heterocycles. The molecule has 3 aromatic rings. The highest BCUT2D eigenvalue weighted by molar-refractivity contribution is 7.88. The van der Waals surface area contributed by atoms with Crippen LogP contribution in [0.3, 0.4) is 0 Å². The minimum Gasteiger partial charge on any atom is -0.379 e. The molecule has 0 radical (unpaired) electrons. The second-order valence-corrected chi connectivity index (χ2v) is 12.1. The maximum Gasteiger partial charge on any atom is 0.247 e. The summed E-state index contributed by atoms with van der Waals surface area (Å²) in [6, 6.07) is 26.7. The summed E-state index contributed by atoms with van der Waals surface area (Å²) in [5.41, 5.74) is 2.24. The number of carbonyl (C=O) groups is 2.